The number of benzene rings is 2. The highest BCUT2D eigenvalue weighted by molar-refractivity contribution is 6.23. The first-order valence-electron chi connectivity index (χ1n) is 14.2. The van der Waals surface area contributed by atoms with Crippen molar-refractivity contribution in [1.82, 2.24) is 5.32 Å². The second-order valence-corrected chi connectivity index (χ2v) is 10.4. The number of ketones is 1. The van der Waals surface area contributed by atoms with Crippen LogP contribution in [0.4, 0.5) is 5.69 Å². The van der Waals surface area contributed by atoms with Gasteiger partial charge in [0, 0.05) is 40.4 Å². The van der Waals surface area contributed by atoms with Crippen LogP contribution in [0.2, 0.25) is 0 Å². The van der Waals surface area contributed by atoms with Gasteiger partial charge in [0.1, 0.15) is 0 Å². The van der Waals surface area contributed by atoms with E-state index in [2.05, 4.69) is 12.2 Å². The number of rotatable bonds is 14. The number of nitro benzene ring substituents is 1. The van der Waals surface area contributed by atoms with Gasteiger partial charge in [-0.25, -0.2) is 4.79 Å². The van der Waals surface area contributed by atoms with Crippen molar-refractivity contribution >= 4 is 23.1 Å². The first-order chi connectivity index (χ1) is 18.9. The van der Waals surface area contributed by atoms with Crippen LogP contribution in [0.15, 0.2) is 65.4 Å². The fourth-order valence-electron chi connectivity index (χ4n) is 5.58. The average molecular weight is 531 g/mol. The lowest BCUT2D eigenvalue weighted by Crippen LogP contribution is -2.29. The van der Waals surface area contributed by atoms with Gasteiger partial charge in [0.05, 0.1) is 22.8 Å². The second kappa shape index (κ2) is 13.4. The van der Waals surface area contributed by atoms with Crippen molar-refractivity contribution in [1.29, 1.82) is 0 Å². The van der Waals surface area contributed by atoms with Crippen molar-refractivity contribution in [3.63, 3.8) is 0 Å². The number of allylic oxidation sites excluding steroid dienone is 2. The summed E-state index contributed by atoms with van der Waals surface area (Å²) in [5.74, 6) is -1.44. The fraction of sp³-hybridized carbons (Fsp3) is 0.438. The number of fused-ring (bicyclic) bond motifs is 2. The smallest absolute Gasteiger partial charge is 0.336 e. The van der Waals surface area contributed by atoms with E-state index >= 15 is 0 Å². The van der Waals surface area contributed by atoms with E-state index in [0.29, 0.717) is 40.3 Å². The van der Waals surface area contributed by atoms with Gasteiger partial charge in [-0.1, -0.05) is 101 Å². The molecule has 0 saturated carbocycles. The molecule has 2 aromatic carbocycles. The van der Waals surface area contributed by atoms with Crippen LogP contribution in [0, 0.1) is 10.1 Å². The number of nitrogens with zero attached hydrogens (tertiary/aromatic N) is 1. The van der Waals surface area contributed by atoms with E-state index < -0.39 is 16.8 Å². The van der Waals surface area contributed by atoms with Gasteiger partial charge < -0.3 is 10.1 Å². The zero-order valence-corrected chi connectivity index (χ0v) is 23.0. The van der Waals surface area contributed by atoms with Crippen molar-refractivity contribution in [3.05, 3.63) is 92.2 Å². The Hall–Kier alpha value is -3.74. The molecule has 1 unspecified atom stereocenters. The Morgan fingerprint density at radius 3 is 2.23 bits per heavy atom. The summed E-state index contributed by atoms with van der Waals surface area (Å²) in [7, 11) is 0. The number of carbonyl (C=O) groups is 2. The van der Waals surface area contributed by atoms with Crippen molar-refractivity contribution in [2.75, 3.05) is 6.61 Å². The summed E-state index contributed by atoms with van der Waals surface area (Å²) in [4.78, 5) is 38.1. The van der Waals surface area contributed by atoms with E-state index in [-0.39, 0.29) is 11.5 Å². The number of hydrogen-bond acceptors (Lipinski definition) is 6. The SMILES string of the molecule is CCCCCCCCCCCCOC(=O)C1=C(C)NC2=C(C(=O)c3ccccc32)C1c1cccc([N+](=O)[O-])c1. The fourth-order valence-corrected chi connectivity index (χ4v) is 5.58. The maximum absolute atomic E-state index is 13.6. The molecule has 0 fully saturated rings. The molecule has 206 valence electrons. The Kier molecular flexibility index (Phi) is 9.69. The van der Waals surface area contributed by atoms with E-state index in [1.54, 1.807) is 31.2 Å². The number of hydrogen-bond donors (Lipinski definition) is 1. The molecule has 4 rings (SSSR count). The summed E-state index contributed by atoms with van der Waals surface area (Å²) in [5.41, 5.74) is 3.73. The molecule has 1 aliphatic carbocycles. The Morgan fingerprint density at radius 1 is 0.923 bits per heavy atom. The molecule has 1 atom stereocenters. The van der Waals surface area contributed by atoms with E-state index in [4.69, 9.17) is 4.74 Å². The van der Waals surface area contributed by atoms with E-state index in [9.17, 15) is 19.7 Å². The average Bonchev–Trinajstić information content (AvgIpc) is 3.22. The van der Waals surface area contributed by atoms with Crippen LogP contribution >= 0.6 is 0 Å². The van der Waals surface area contributed by atoms with Crippen LogP contribution in [0.25, 0.3) is 5.70 Å². The minimum Gasteiger partial charge on any atom is -0.462 e. The van der Waals surface area contributed by atoms with Gasteiger partial charge in [-0.2, -0.15) is 0 Å². The molecule has 0 aromatic heterocycles. The third-order valence-electron chi connectivity index (χ3n) is 7.61. The highest BCUT2D eigenvalue weighted by Crippen LogP contribution is 2.47. The van der Waals surface area contributed by atoms with Crippen molar-refractivity contribution < 1.29 is 19.2 Å². The molecule has 39 heavy (non-hydrogen) atoms. The minimum atomic E-state index is -0.763. The summed E-state index contributed by atoms with van der Waals surface area (Å²) in [5, 5.41) is 14.8. The molecule has 1 aliphatic heterocycles. The third-order valence-corrected chi connectivity index (χ3v) is 7.61. The number of dihydropyridines is 1. The molecule has 0 spiro atoms. The lowest BCUT2D eigenvalue weighted by Gasteiger charge is -2.29. The van der Waals surface area contributed by atoms with Gasteiger partial charge in [-0.05, 0) is 18.9 Å². The van der Waals surface area contributed by atoms with Gasteiger partial charge in [-0.3, -0.25) is 14.9 Å². The second-order valence-electron chi connectivity index (χ2n) is 10.4. The third kappa shape index (κ3) is 6.47. The van der Waals surface area contributed by atoms with Crippen LogP contribution in [0.5, 0.6) is 0 Å². The molecule has 7 heteroatoms. The maximum Gasteiger partial charge on any atom is 0.336 e. The summed E-state index contributed by atoms with van der Waals surface area (Å²) in [6.07, 6.45) is 11.8. The van der Waals surface area contributed by atoms with Crippen molar-refractivity contribution in [3.8, 4) is 0 Å². The topological polar surface area (TPSA) is 98.5 Å². The Balaban J connectivity index is 1.46. The molecule has 2 aliphatic rings. The molecule has 1 N–H and O–H groups in total. The standard InChI is InChI=1S/C32H38N2O5/c1-3-4-5-6-7-8-9-10-11-14-20-39-32(36)27-22(2)33-30-25-18-12-13-19-26(25)31(35)29(30)28(27)23-16-15-17-24(21-23)34(37)38/h12-13,15-19,21,28,33H,3-11,14,20H2,1-2H3. The Labute approximate surface area is 230 Å². The number of unbranched alkanes of at least 4 members (excludes halogenated alkanes) is 9. The quantitative estimate of drug-likeness (QED) is 0.117. The van der Waals surface area contributed by atoms with E-state index in [1.165, 1.54) is 57.1 Å². The molecule has 2 aromatic rings. The molecule has 0 radical (unpaired) electrons. The summed E-state index contributed by atoms with van der Waals surface area (Å²) < 4.78 is 5.71. The molecule has 0 bridgehead atoms. The lowest BCUT2D eigenvalue weighted by molar-refractivity contribution is -0.384. The molecule has 0 amide bonds. The van der Waals surface area contributed by atoms with Crippen LogP contribution in [0.3, 0.4) is 0 Å². The number of Topliss-reactive ketones (excluding diaryl/α,β-unsaturated/α-hetero) is 1. The first-order valence-corrected chi connectivity index (χ1v) is 14.2. The van der Waals surface area contributed by atoms with Gasteiger partial charge >= 0.3 is 5.97 Å². The van der Waals surface area contributed by atoms with Gasteiger partial charge in [0.25, 0.3) is 5.69 Å². The highest BCUT2D eigenvalue weighted by atomic mass is 16.6. The lowest BCUT2D eigenvalue weighted by atomic mass is 9.79. The Bertz CT molecular complexity index is 1290. The van der Waals surface area contributed by atoms with Crippen LogP contribution in [-0.4, -0.2) is 23.3 Å². The first kappa shape index (κ1) is 28.3. The van der Waals surface area contributed by atoms with Gasteiger partial charge in [0.15, 0.2) is 5.78 Å². The molecule has 0 saturated heterocycles. The predicted octanol–water partition coefficient (Wildman–Crippen LogP) is 7.63. The number of nitrogens with one attached hydrogen (secondary N) is 1. The van der Waals surface area contributed by atoms with E-state index in [0.717, 1.165) is 24.8 Å². The number of carbonyl (C=O) groups excluding carboxylic acids is 2. The van der Waals surface area contributed by atoms with Crippen LogP contribution in [-0.2, 0) is 9.53 Å². The van der Waals surface area contributed by atoms with Crippen LogP contribution in [0.1, 0.15) is 105 Å². The summed E-state index contributed by atoms with van der Waals surface area (Å²) in [6, 6.07) is 13.5. The normalized spacial score (nSPS) is 16.2. The highest BCUT2D eigenvalue weighted by Gasteiger charge is 2.43. The number of non-ortho nitro benzene ring substituents is 1. The zero-order chi connectivity index (χ0) is 27.8. The van der Waals surface area contributed by atoms with Gasteiger partial charge in [0.2, 0.25) is 0 Å². The maximum atomic E-state index is 13.6. The molecular formula is C32H38N2O5. The number of nitro groups is 1. The molecule has 7 nitrogen and oxygen atoms in total. The summed E-state index contributed by atoms with van der Waals surface area (Å²) in [6.45, 7) is 4.32. The Morgan fingerprint density at radius 2 is 1.56 bits per heavy atom. The summed E-state index contributed by atoms with van der Waals surface area (Å²) >= 11 is 0. The molecule has 1 heterocycles. The van der Waals surface area contributed by atoms with Crippen molar-refractivity contribution in [2.45, 2.75) is 84.0 Å². The van der Waals surface area contributed by atoms with Crippen molar-refractivity contribution in [2.24, 2.45) is 0 Å². The minimum absolute atomic E-state index is 0.0909. The van der Waals surface area contributed by atoms with Gasteiger partial charge in [-0.15, -0.1) is 0 Å². The zero-order valence-electron chi connectivity index (χ0n) is 23.0. The monoisotopic (exact) mass is 530 g/mol. The number of ether oxygens (including phenoxy) is 1. The van der Waals surface area contributed by atoms with Crippen LogP contribution < -0.4 is 5.32 Å². The number of esters is 1. The van der Waals surface area contributed by atoms with E-state index in [1.807, 2.05) is 12.1 Å². The molecular weight excluding hydrogens is 492 g/mol. The largest absolute Gasteiger partial charge is 0.462 e. The predicted molar refractivity (Wildman–Crippen MR) is 152 cm³/mol.